The molecule has 2 aliphatic rings. The van der Waals surface area contributed by atoms with Gasteiger partial charge in [-0.1, -0.05) is 18.7 Å². The van der Waals surface area contributed by atoms with Gasteiger partial charge in [0.25, 0.3) is 0 Å². The Morgan fingerprint density at radius 3 is 3.00 bits per heavy atom. The summed E-state index contributed by atoms with van der Waals surface area (Å²) in [5.74, 6) is 0.621. The van der Waals surface area contributed by atoms with Crippen LogP contribution in [0.1, 0.15) is 52.6 Å². The Kier molecular flexibility index (Phi) is 5.39. The minimum atomic E-state index is -0.167. The first-order valence-electron chi connectivity index (χ1n) is 9.49. The number of thiophene rings is 1. The van der Waals surface area contributed by atoms with E-state index in [9.17, 15) is 15.3 Å². The average molecular weight is 409 g/mol. The van der Waals surface area contributed by atoms with Crippen LogP contribution in [0.15, 0.2) is 11.1 Å². The van der Waals surface area contributed by atoms with Gasteiger partial charge in [-0.15, -0.1) is 11.3 Å². The molecule has 28 heavy (non-hydrogen) atoms. The number of amides is 1. The summed E-state index contributed by atoms with van der Waals surface area (Å²) in [7, 11) is 0. The summed E-state index contributed by atoms with van der Waals surface area (Å²) in [6.45, 7) is 2.22. The molecule has 5 nitrogen and oxygen atoms in total. The summed E-state index contributed by atoms with van der Waals surface area (Å²) in [6.07, 6.45) is 5.95. The number of aryl methyl sites for hydroxylation is 2. The normalized spacial score (nSPS) is 17.3. The molecule has 2 aromatic rings. The number of nitrogens with zero attached hydrogens (tertiary/aromatic N) is 3. The maximum atomic E-state index is 12.5. The molecule has 2 aromatic heterocycles. The van der Waals surface area contributed by atoms with Gasteiger partial charge in [0.15, 0.2) is 0 Å². The Bertz CT molecular complexity index is 1030. The van der Waals surface area contributed by atoms with E-state index in [4.69, 9.17) is 0 Å². The zero-order valence-corrected chi connectivity index (χ0v) is 17.3. The molecule has 0 spiro atoms. The summed E-state index contributed by atoms with van der Waals surface area (Å²) in [4.78, 5) is 18.4. The SMILES string of the molecule is C[C@H]1CCc2c(sc(NC(=O)CSc3nc4c(cc3C#N)CCC4)c2C#N)C1. The van der Waals surface area contributed by atoms with E-state index < -0.39 is 0 Å². The number of aromatic nitrogens is 1. The van der Waals surface area contributed by atoms with Crippen molar-refractivity contribution >= 4 is 34.0 Å². The predicted octanol–water partition coefficient (Wildman–Crippen LogP) is 4.23. The van der Waals surface area contributed by atoms with Crippen LogP contribution in [0.4, 0.5) is 5.00 Å². The van der Waals surface area contributed by atoms with Crippen LogP contribution in [0.5, 0.6) is 0 Å². The fraction of sp³-hybridized carbons (Fsp3) is 0.429. The van der Waals surface area contributed by atoms with E-state index in [2.05, 4.69) is 29.4 Å². The lowest BCUT2D eigenvalue weighted by Crippen LogP contribution is -2.14. The van der Waals surface area contributed by atoms with Crippen LogP contribution in [-0.4, -0.2) is 16.6 Å². The number of anilines is 1. The van der Waals surface area contributed by atoms with Gasteiger partial charge >= 0.3 is 0 Å². The molecule has 2 aliphatic carbocycles. The van der Waals surface area contributed by atoms with E-state index in [-0.39, 0.29) is 11.7 Å². The summed E-state index contributed by atoms with van der Waals surface area (Å²) >= 11 is 2.82. The van der Waals surface area contributed by atoms with Gasteiger partial charge in [-0.3, -0.25) is 4.79 Å². The van der Waals surface area contributed by atoms with Crippen LogP contribution >= 0.6 is 23.1 Å². The lowest BCUT2D eigenvalue weighted by Gasteiger charge is -2.17. The first-order chi connectivity index (χ1) is 13.6. The van der Waals surface area contributed by atoms with Crippen LogP contribution in [0, 0.1) is 28.6 Å². The third-order valence-electron chi connectivity index (χ3n) is 5.35. The summed E-state index contributed by atoms with van der Waals surface area (Å²) in [5, 5.41) is 23.2. The monoisotopic (exact) mass is 408 g/mol. The predicted molar refractivity (Wildman–Crippen MR) is 111 cm³/mol. The Labute approximate surface area is 172 Å². The molecule has 4 rings (SSSR count). The minimum absolute atomic E-state index is 0.167. The fourth-order valence-electron chi connectivity index (χ4n) is 3.90. The second-order valence-corrected chi connectivity index (χ2v) is 9.49. The van der Waals surface area contributed by atoms with Gasteiger partial charge in [-0.05, 0) is 61.6 Å². The Hall–Kier alpha value is -2.35. The highest BCUT2D eigenvalue weighted by atomic mass is 32.2. The molecule has 1 amide bonds. The van der Waals surface area contributed by atoms with Crippen molar-refractivity contribution in [1.29, 1.82) is 10.5 Å². The number of fused-ring (bicyclic) bond motifs is 2. The molecule has 0 bridgehead atoms. The quantitative estimate of drug-likeness (QED) is 0.765. The van der Waals surface area contributed by atoms with Crippen LogP contribution in [-0.2, 0) is 30.5 Å². The third kappa shape index (κ3) is 3.65. The van der Waals surface area contributed by atoms with Crippen molar-refractivity contribution in [2.45, 2.75) is 50.5 Å². The van der Waals surface area contributed by atoms with Crippen LogP contribution < -0.4 is 5.32 Å². The molecule has 142 valence electrons. The lowest BCUT2D eigenvalue weighted by atomic mass is 9.89. The van der Waals surface area contributed by atoms with Crippen molar-refractivity contribution in [3.05, 3.63) is 38.9 Å². The lowest BCUT2D eigenvalue weighted by molar-refractivity contribution is -0.113. The van der Waals surface area contributed by atoms with Gasteiger partial charge in [0.1, 0.15) is 22.2 Å². The smallest absolute Gasteiger partial charge is 0.235 e. The molecular weight excluding hydrogens is 388 g/mol. The van der Waals surface area contributed by atoms with Gasteiger partial charge < -0.3 is 5.32 Å². The number of nitriles is 2. The number of carbonyl (C=O) groups is 1. The van der Waals surface area contributed by atoms with Crippen molar-refractivity contribution in [3.63, 3.8) is 0 Å². The number of hydrogen-bond donors (Lipinski definition) is 1. The third-order valence-corrected chi connectivity index (χ3v) is 7.51. The second kappa shape index (κ2) is 7.95. The molecular formula is C21H20N4OS2. The molecule has 1 N–H and O–H groups in total. The zero-order chi connectivity index (χ0) is 19.7. The van der Waals surface area contributed by atoms with Crippen molar-refractivity contribution in [3.8, 4) is 12.1 Å². The molecule has 2 heterocycles. The zero-order valence-electron chi connectivity index (χ0n) is 15.7. The maximum absolute atomic E-state index is 12.5. The minimum Gasteiger partial charge on any atom is -0.316 e. The van der Waals surface area contributed by atoms with E-state index >= 15 is 0 Å². The van der Waals surface area contributed by atoms with Gasteiger partial charge in [0.2, 0.25) is 5.91 Å². The Morgan fingerprint density at radius 1 is 1.36 bits per heavy atom. The van der Waals surface area contributed by atoms with E-state index in [1.54, 1.807) is 0 Å². The van der Waals surface area contributed by atoms with Gasteiger partial charge in [0, 0.05) is 10.6 Å². The first-order valence-corrected chi connectivity index (χ1v) is 11.3. The standard InChI is InChI=1S/C21H20N4OS2/c1-12-5-6-15-16(10-23)21(28-18(15)7-12)25-19(26)11-27-20-14(9-22)8-13-3-2-4-17(13)24-20/h8,12H,2-7,11H2,1H3,(H,25,26)/t12-/m0/s1. The van der Waals surface area contributed by atoms with E-state index in [1.807, 2.05) is 6.07 Å². The largest absolute Gasteiger partial charge is 0.316 e. The molecule has 0 aliphatic heterocycles. The van der Waals surface area contributed by atoms with Gasteiger partial charge in [-0.25, -0.2) is 4.98 Å². The number of pyridine rings is 1. The number of nitrogens with one attached hydrogen (secondary N) is 1. The first kappa shape index (κ1) is 19.0. The topological polar surface area (TPSA) is 89.6 Å². The van der Waals surface area contributed by atoms with E-state index in [0.29, 0.717) is 27.1 Å². The molecule has 0 unspecified atom stereocenters. The van der Waals surface area contributed by atoms with Crippen molar-refractivity contribution in [2.24, 2.45) is 5.92 Å². The highest BCUT2D eigenvalue weighted by molar-refractivity contribution is 8.00. The van der Waals surface area contributed by atoms with Gasteiger partial charge in [0.05, 0.1) is 16.9 Å². The number of rotatable bonds is 4. The molecule has 1 atom stereocenters. The number of carbonyl (C=O) groups excluding carboxylic acids is 1. The highest BCUT2D eigenvalue weighted by Gasteiger charge is 2.25. The highest BCUT2D eigenvalue weighted by Crippen LogP contribution is 2.39. The Balaban J connectivity index is 1.46. The summed E-state index contributed by atoms with van der Waals surface area (Å²) in [5.41, 5.74) is 4.48. The molecule has 0 saturated carbocycles. The molecule has 7 heteroatoms. The van der Waals surface area contributed by atoms with Crippen LogP contribution in [0.25, 0.3) is 0 Å². The Morgan fingerprint density at radius 2 is 2.21 bits per heavy atom. The van der Waals surface area contributed by atoms with E-state index in [0.717, 1.165) is 55.3 Å². The molecule has 0 radical (unpaired) electrons. The van der Waals surface area contributed by atoms with E-state index in [1.165, 1.54) is 28.0 Å². The maximum Gasteiger partial charge on any atom is 0.235 e. The molecule has 0 fully saturated rings. The summed E-state index contributed by atoms with van der Waals surface area (Å²) in [6, 6.07) is 6.39. The number of hydrogen-bond acceptors (Lipinski definition) is 6. The summed E-state index contributed by atoms with van der Waals surface area (Å²) < 4.78 is 0. The van der Waals surface area contributed by atoms with Crippen LogP contribution in [0.2, 0.25) is 0 Å². The average Bonchev–Trinajstić information content (AvgIpc) is 3.27. The van der Waals surface area contributed by atoms with Crippen molar-refractivity contribution < 1.29 is 4.79 Å². The molecule has 0 saturated heterocycles. The van der Waals surface area contributed by atoms with Crippen molar-refractivity contribution in [2.75, 3.05) is 11.1 Å². The second-order valence-electron chi connectivity index (χ2n) is 7.42. The number of thioether (sulfide) groups is 1. The van der Waals surface area contributed by atoms with Crippen molar-refractivity contribution in [1.82, 2.24) is 4.98 Å². The molecule has 0 aromatic carbocycles. The fourth-order valence-corrected chi connectivity index (χ4v) is 6.05. The van der Waals surface area contributed by atoms with Crippen LogP contribution in [0.3, 0.4) is 0 Å². The van der Waals surface area contributed by atoms with Gasteiger partial charge in [-0.2, -0.15) is 10.5 Å².